The third kappa shape index (κ3) is 5.26. The van der Waals surface area contributed by atoms with Gasteiger partial charge in [0.1, 0.15) is 5.75 Å². The second-order valence-corrected chi connectivity index (χ2v) is 7.25. The summed E-state index contributed by atoms with van der Waals surface area (Å²) in [7, 11) is 0. The van der Waals surface area contributed by atoms with E-state index in [4.69, 9.17) is 16.3 Å². The van der Waals surface area contributed by atoms with Crippen molar-refractivity contribution in [3.8, 4) is 5.75 Å². The summed E-state index contributed by atoms with van der Waals surface area (Å²) in [6.07, 6.45) is 2.96. The van der Waals surface area contributed by atoms with E-state index in [-0.39, 0.29) is 11.8 Å². The van der Waals surface area contributed by atoms with E-state index in [1.54, 1.807) is 23.1 Å². The maximum Gasteiger partial charge on any atom is 0.256 e. The first kappa shape index (κ1) is 20.2. The Kier molecular flexibility index (Phi) is 6.93. The van der Waals surface area contributed by atoms with E-state index in [1.165, 1.54) is 0 Å². The monoisotopic (exact) mass is 400 g/mol. The molecule has 6 heteroatoms. The van der Waals surface area contributed by atoms with E-state index in [2.05, 4.69) is 5.32 Å². The van der Waals surface area contributed by atoms with Crippen molar-refractivity contribution in [2.24, 2.45) is 0 Å². The first-order chi connectivity index (χ1) is 13.6. The zero-order valence-corrected chi connectivity index (χ0v) is 16.8. The second kappa shape index (κ2) is 9.60. The lowest BCUT2D eigenvalue weighted by Gasteiger charge is -2.18. The Bertz CT molecular complexity index is 830. The molecule has 1 fully saturated rings. The van der Waals surface area contributed by atoms with Crippen molar-refractivity contribution in [1.29, 1.82) is 0 Å². The van der Waals surface area contributed by atoms with Gasteiger partial charge in [-0.15, -0.1) is 0 Å². The SMILES string of the molecule is CCOc1ccc(CCC(=O)Nc2ccc(Cl)cc2C(=O)N2CCCC2)cc1. The Balaban J connectivity index is 1.62. The molecule has 1 saturated heterocycles. The van der Waals surface area contributed by atoms with Crippen molar-refractivity contribution in [2.45, 2.75) is 32.6 Å². The number of carbonyl (C=O) groups excluding carboxylic acids is 2. The lowest BCUT2D eigenvalue weighted by molar-refractivity contribution is -0.116. The van der Waals surface area contributed by atoms with E-state index in [0.29, 0.717) is 35.7 Å². The van der Waals surface area contributed by atoms with Crippen LogP contribution in [0.2, 0.25) is 5.02 Å². The molecule has 0 saturated carbocycles. The highest BCUT2D eigenvalue weighted by atomic mass is 35.5. The van der Waals surface area contributed by atoms with Crippen molar-refractivity contribution in [3.63, 3.8) is 0 Å². The highest BCUT2D eigenvalue weighted by Crippen LogP contribution is 2.24. The number of ether oxygens (including phenoxy) is 1. The molecule has 0 aliphatic carbocycles. The minimum atomic E-state index is -0.133. The van der Waals surface area contributed by atoms with Gasteiger partial charge in [-0.1, -0.05) is 23.7 Å². The standard InChI is InChI=1S/C22H25ClN2O3/c1-2-28-18-9-5-16(6-10-18)7-12-21(26)24-20-11-8-17(23)15-19(20)22(27)25-13-3-4-14-25/h5-6,8-11,15H,2-4,7,12-14H2,1H3,(H,24,26). The van der Waals surface area contributed by atoms with Gasteiger partial charge in [0, 0.05) is 24.5 Å². The number of hydrogen-bond acceptors (Lipinski definition) is 3. The lowest BCUT2D eigenvalue weighted by atomic mass is 10.1. The van der Waals surface area contributed by atoms with Crippen LogP contribution in [0, 0.1) is 0 Å². The summed E-state index contributed by atoms with van der Waals surface area (Å²) in [6, 6.07) is 12.7. The maximum atomic E-state index is 12.8. The molecule has 2 aromatic carbocycles. The summed E-state index contributed by atoms with van der Waals surface area (Å²) in [5.74, 6) is 0.607. The quantitative estimate of drug-likeness (QED) is 0.741. The molecule has 0 unspecified atom stereocenters. The van der Waals surface area contributed by atoms with Gasteiger partial charge in [0.25, 0.3) is 5.91 Å². The average Bonchev–Trinajstić information content (AvgIpc) is 3.23. The number of anilines is 1. The molecule has 2 aromatic rings. The molecule has 1 heterocycles. The number of amides is 2. The van der Waals surface area contributed by atoms with Gasteiger partial charge < -0.3 is 15.0 Å². The first-order valence-electron chi connectivity index (χ1n) is 9.67. The Hall–Kier alpha value is -2.53. The minimum Gasteiger partial charge on any atom is -0.494 e. The van der Waals surface area contributed by atoms with E-state index in [1.807, 2.05) is 31.2 Å². The van der Waals surface area contributed by atoms with Gasteiger partial charge in [0.2, 0.25) is 5.91 Å². The number of hydrogen-bond donors (Lipinski definition) is 1. The van der Waals surface area contributed by atoms with Crippen LogP contribution in [-0.2, 0) is 11.2 Å². The third-order valence-corrected chi connectivity index (χ3v) is 4.99. The average molecular weight is 401 g/mol. The number of carbonyl (C=O) groups is 2. The van der Waals surface area contributed by atoms with Crippen LogP contribution in [0.4, 0.5) is 5.69 Å². The molecule has 0 bridgehead atoms. The van der Waals surface area contributed by atoms with E-state index < -0.39 is 0 Å². The van der Waals surface area contributed by atoms with Gasteiger partial charge >= 0.3 is 0 Å². The van der Waals surface area contributed by atoms with Crippen molar-refractivity contribution in [1.82, 2.24) is 4.90 Å². The fourth-order valence-corrected chi connectivity index (χ4v) is 3.45. The third-order valence-electron chi connectivity index (χ3n) is 4.75. The zero-order chi connectivity index (χ0) is 19.9. The smallest absolute Gasteiger partial charge is 0.256 e. The van der Waals surface area contributed by atoms with E-state index >= 15 is 0 Å². The van der Waals surface area contributed by atoms with Crippen LogP contribution in [0.1, 0.15) is 42.1 Å². The van der Waals surface area contributed by atoms with Crippen LogP contribution in [-0.4, -0.2) is 36.4 Å². The fourth-order valence-electron chi connectivity index (χ4n) is 3.28. The fraction of sp³-hybridized carbons (Fsp3) is 0.364. The summed E-state index contributed by atoms with van der Waals surface area (Å²) >= 11 is 6.09. The Morgan fingerprint density at radius 2 is 1.82 bits per heavy atom. The summed E-state index contributed by atoms with van der Waals surface area (Å²) in [6.45, 7) is 4.06. The number of aryl methyl sites for hydroxylation is 1. The molecular weight excluding hydrogens is 376 g/mol. The van der Waals surface area contributed by atoms with Crippen LogP contribution < -0.4 is 10.1 Å². The van der Waals surface area contributed by atoms with Gasteiger partial charge in [-0.3, -0.25) is 9.59 Å². The van der Waals surface area contributed by atoms with Crippen LogP contribution >= 0.6 is 11.6 Å². The number of rotatable bonds is 7. The van der Waals surface area contributed by atoms with Crippen molar-refractivity contribution >= 4 is 29.1 Å². The molecule has 0 spiro atoms. The van der Waals surface area contributed by atoms with Crippen LogP contribution in [0.3, 0.4) is 0 Å². The largest absolute Gasteiger partial charge is 0.494 e. The molecule has 1 aliphatic heterocycles. The van der Waals surface area contributed by atoms with Crippen molar-refractivity contribution < 1.29 is 14.3 Å². The highest BCUT2D eigenvalue weighted by molar-refractivity contribution is 6.31. The Labute approximate surface area is 170 Å². The molecule has 1 aliphatic rings. The van der Waals surface area contributed by atoms with Gasteiger partial charge in [0.05, 0.1) is 17.9 Å². The topological polar surface area (TPSA) is 58.6 Å². The van der Waals surface area contributed by atoms with Gasteiger partial charge in [-0.05, 0) is 62.1 Å². The molecule has 0 radical (unpaired) electrons. The summed E-state index contributed by atoms with van der Waals surface area (Å²) in [5, 5.41) is 3.36. The zero-order valence-electron chi connectivity index (χ0n) is 16.0. The summed E-state index contributed by atoms with van der Waals surface area (Å²) in [4.78, 5) is 27.0. The second-order valence-electron chi connectivity index (χ2n) is 6.81. The molecule has 0 atom stereocenters. The lowest BCUT2D eigenvalue weighted by Crippen LogP contribution is -2.29. The summed E-state index contributed by atoms with van der Waals surface area (Å²) in [5.41, 5.74) is 2.02. The molecule has 5 nitrogen and oxygen atoms in total. The number of benzene rings is 2. The summed E-state index contributed by atoms with van der Waals surface area (Å²) < 4.78 is 5.43. The Morgan fingerprint density at radius 3 is 2.50 bits per heavy atom. The number of nitrogens with one attached hydrogen (secondary N) is 1. The number of likely N-dealkylation sites (tertiary alicyclic amines) is 1. The highest BCUT2D eigenvalue weighted by Gasteiger charge is 2.22. The minimum absolute atomic E-state index is 0.0817. The van der Waals surface area contributed by atoms with Crippen molar-refractivity contribution in [3.05, 3.63) is 58.6 Å². The molecule has 2 amide bonds. The van der Waals surface area contributed by atoms with Gasteiger partial charge in [-0.2, -0.15) is 0 Å². The predicted octanol–water partition coefficient (Wildman–Crippen LogP) is 4.55. The number of nitrogens with zero attached hydrogens (tertiary/aromatic N) is 1. The van der Waals surface area contributed by atoms with E-state index in [9.17, 15) is 9.59 Å². The van der Waals surface area contributed by atoms with Crippen molar-refractivity contribution in [2.75, 3.05) is 25.0 Å². The normalized spacial score (nSPS) is 13.4. The molecule has 148 valence electrons. The van der Waals surface area contributed by atoms with E-state index in [0.717, 1.165) is 37.2 Å². The molecule has 3 rings (SSSR count). The first-order valence-corrected chi connectivity index (χ1v) is 10.0. The van der Waals surface area contributed by atoms with Crippen LogP contribution in [0.5, 0.6) is 5.75 Å². The molecule has 0 aromatic heterocycles. The van der Waals surface area contributed by atoms with Crippen LogP contribution in [0.25, 0.3) is 0 Å². The van der Waals surface area contributed by atoms with Crippen LogP contribution in [0.15, 0.2) is 42.5 Å². The molecular formula is C22H25ClN2O3. The number of halogens is 1. The molecule has 1 N–H and O–H groups in total. The Morgan fingerprint density at radius 1 is 1.11 bits per heavy atom. The van der Waals surface area contributed by atoms with Gasteiger partial charge in [0.15, 0.2) is 0 Å². The van der Waals surface area contributed by atoms with Gasteiger partial charge in [-0.25, -0.2) is 0 Å². The molecule has 28 heavy (non-hydrogen) atoms. The maximum absolute atomic E-state index is 12.8. The predicted molar refractivity (Wildman–Crippen MR) is 111 cm³/mol.